The van der Waals surface area contributed by atoms with Gasteiger partial charge in [0.05, 0.1) is 18.0 Å². The summed E-state index contributed by atoms with van der Waals surface area (Å²) in [6, 6.07) is 7.09. The van der Waals surface area contributed by atoms with Gasteiger partial charge < -0.3 is 5.11 Å². The molecule has 0 amide bonds. The van der Waals surface area contributed by atoms with Gasteiger partial charge in [0, 0.05) is 6.42 Å². The average Bonchev–Trinajstić information content (AvgIpc) is 2.34. The first kappa shape index (κ1) is 12.6. The number of pyridine rings is 1. The summed E-state index contributed by atoms with van der Waals surface area (Å²) in [6.07, 6.45) is 0.435. The zero-order valence-corrected chi connectivity index (χ0v) is 9.90. The van der Waals surface area contributed by atoms with E-state index >= 15 is 0 Å². The Morgan fingerprint density at radius 1 is 1.17 bits per heavy atom. The molecular formula is C14H13F2NO. The molecule has 1 aromatic heterocycles. The van der Waals surface area contributed by atoms with E-state index in [4.69, 9.17) is 0 Å². The zero-order chi connectivity index (χ0) is 13.1. The van der Waals surface area contributed by atoms with Crippen molar-refractivity contribution in [1.29, 1.82) is 0 Å². The highest BCUT2D eigenvalue weighted by atomic mass is 19.1. The lowest BCUT2D eigenvalue weighted by atomic mass is 10.0. The molecule has 0 aliphatic carbocycles. The second-order valence-corrected chi connectivity index (χ2v) is 4.19. The van der Waals surface area contributed by atoms with Crippen molar-refractivity contribution in [3.8, 4) is 0 Å². The van der Waals surface area contributed by atoms with E-state index in [1.165, 1.54) is 24.3 Å². The topological polar surface area (TPSA) is 33.1 Å². The number of aliphatic hydroxyl groups excluding tert-OH is 1. The first-order chi connectivity index (χ1) is 8.56. The van der Waals surface area contributed by atoms with E-state index < -0.39 is 11.9 Å². The van der Waals surface area contributed by atoms with Crippen LogP contribution >= 0.6 is 0 Å². The number of aryl methyl sites for hydroxylation is 1. The van der Waals surface area contributed by atoms with Crippen molar-refractivity contribution in [1.82, 2.24) is 4.98 Å². The Hall–Kier alpha value is -1.81. The van der Waals surface area contributed by atoms with Crippen LogP contribution in [0.2, 0.25) is 0 Å². The lowest BCUT2D eigenvalue weighted by Crippen LogP contribution is -2.05. The molecule has 2 nitrogen and oxygen atoms in total. The molecule has 0 saturated heterocycles. The van der Waals surface area contributed by atoms with Crippen molar-refractivity contribution in [3.63, 3.8) is 0 Å². The molecule has 1 aromatic carbocycles. The Kier molecular flexibility index (Phi) is 3.67. The lowest BCUT2D eigenvalue weighted by molar-refractivity contribution is 0.173. The van der Waals surface area contributed by atoms with E-state index in [9.17, 15) is 13.9 Å². The van der Waals surface area contributed by atoms with Crippen molar-refractivity contribution >= 4 is 0 Å². The third kappa shape index (κ3) is 2.90. The molecule has 2 aromatic rings. The van der Waals surface area contributed by atoms with Crippen LogP contribution < -0.4 is 0 Å². The van der Waals surface area contributed by atoms with Gasteiger partial charge in [0.2, 0.25) is 0 Å². The highest BCUT2D eigenvalue weighted by Gasteiger charge is 2.12. The number of hydrogen-bond donors (Lipinski definition) is 1. The minimum absolute atomic E-state index is 0.252. The van der Waals surface area contributed by atoms with Crippen LogP contribution in [0.15, 0.2) is 36.5 Å². The molecule has 0 spiro atoms. The standard InChI is InChI=1S/C14H13F2NO/c1-9-2-3-11(15)6-10(9)7-14(18)13-5-4-12(16)8-17-13/h2-6,8,14,18H,7H2,1H3. The Morgan fingerprint density at radius 3 is 2.56 bits per heavy atom. The fourth-order valence-electron chi connectivity index (χ4n) is 1.76. The molecule has 0 aliphatic heterocycles. The van der Waals surface area contributed by atoms with Gasteiger partial charge in [-0.2, -0.15) is 0 Å². The number of hydrogen-bond acceptors (Lipinski definition) is 2. The second kappa shape index (κ2) is 5.23. The molecule has 1 heterocycles. The van der Waals surface area contributed by atoms with E-state index in [-0.39, 0.29) is 12.2 Å². The van der Waals surface area contributed by atoms with Crippen molar-refractivity contribution in [2.45, 2.75) is 19.4 Å². The Labute approximate surface area is 104 Å². The Morgan fingerprint density at radius 2 is 1.89 bits per heavy atom. The predicted octanol–water partition coefficient (Wildman–Crippen LogP) is 2.94. The van der Waals surface area contributed by atoms with Gasteiger partial charge in [-0.15, -0.1) is 0 Å². The first-order valence-electron chi connectivity index (χ1n) is 5.61. The Balaban J connectivity index is 2.18. The zero-order valence-electron chi connectivity index (χ0n) is 9.90. The maximum Gasteiger partial charge on any atom is 0.141 e. The van der Waals surface area contributed by atoms with Crippen LogP contribution in [0, 0.1) is 18.6 Å². The van der Waals surface area contributed by atoms with E-state index in [1.807, 2.05) is 6.92 Å². The molecule has 1 N–H and O–H groups in total. The fraction of sp³-hybridized carbons (Fsp3) is 0.214. The Bertz CT molecular complexity index is 540. The molecule has 0 aliphatic rings. The molecular weight excluding hydrogens is 236 g/mol. The van der Waals surface area contributed by atoms with E-state index in [0.717, 1.165) is 11.8 Å². The molecule has 0 fully saturated rings. The normalized spacial score (nSPS) is 12.4. The summed E-state index contributed by atoms with van der Waals surface area (Å²) < 4.78 is 25.8. The van der Waals surface area contributed by atoms with Crippen LogP contribution in [0.25, 0.3) is 0 Å². The van der Waals surface area contributed by atoms with Gasteiger partial charge in [0.1, 0.15) is 11.6 Å². The summed E-state index contributed by atoms with van der Waals surface area (Å²) in [4.78, 5) is 3.81. The molecule has 1 unspecified atom stereocenters. The number of rotatable bonds is 3. The molecule has 94 valence electrons. The van der Waals surface area contributed by atoms with Gasteiger partial charge in [-0.05, 0) is 42.3 Å². The number of halogens is 2. The van der Waals surface area contributed by atoms with E-state index in [1.54, 1.807) is 6.07 Å². The molecule has 4 heteroatoms. The number of nitrogens with zero attached hydrogens (tertiary/aromatic N) is 1. The highest BCUT2D eigenvalue weighted by Crippen LogP contribution is 2.19. The van der Waals surface area contributed by atoms with Gasteiger partial charge in [0.25, 0.3) is 0 Å². The molecule has 0 radical (unpaired) electrons. The lowest BCUT2D eigenvalue weighted by Gasteiger charge is -2.12. The first-order valence-corrected chi connectivity index (χ1v) is 5.61. The quantitative estimate of drug-likeness (QED) is 0.907. The second-order valence-electron chi connectivity index (χ2n) is 4.19. The monoisotopic (exact) mass is 249 g/mol. The van der Waals surface area contributed by atoms with Crippen LogP contribution in [-0.2, 0) is 6.42 Å². The summed E-state index contributed by atoms with van der Waals surface area (Å²) in [6.45, 7) is 1.85. The highest BCUT2D eigenvalue weighted by molar-refractivity contribution is 5.28. The van der Waals surface area contributed by atoms with Gasteiger partial charge >= 0.3 is 0 Å². The minimum Gasteiger partial charge on any atom is -0.386 e. The summed E-state index contributed by atoms with van der Waals surface area (Å²) in [5.74, 6) is -0.789. The third-order valence-electron chi connectivity index (χ3n) is 2.82. The fourth-order valence-corrected chi connectivity index (χ4v) is 1.76. The van der Waals surface area contributed by atoms with Crippen molar-refractivity contribution in [3.05, 3.63) is 65.0 Å². The third-order valence-corrected chi connectivity index (χ3v) is 2.82. The van der Waals surface area contributed by atoms with Gasteiger partial charge in [0.15, 0.2) is 0 Å². The number of aromatic nitrogens is 1. The van der Waals surface area contributed by atoms with Crippen LogP contribution in [0.3, 0.4) is 0 Å². The molecule has 2 rings (SSSR count). The minimum atomic E-state index is -0.869. The van der Waals surface area contributed by atoms with Crippen molar-refractivity contribution < 1.29 is 13.9 Å². The maximum absolute atomic E-state index is 13.1. The van der Waals surface area contributed by atoms with Crippen molar-refractivity contribution in [2.75, 3.05) is 0 Å². The largest absolute Gasteiger partial charge is 0.386 e. The van der Waals surface area contributed by atoms with Crippen LogP contribution in [0.5, 0.6) is 0 Å². The number of aliphatic hydroxyl groups is 1. The number of benzene rings is 1. The molecule has 1 atom stereocenters. The molecule has 18 heavy (non-hydrogen) atoms. The smallest absolute Gasteiger partial charge is 0.141 e. The maximum atomic E-state index is 13.1. The summed E-state index contributed by atoms with van der Waals surface area (Å²) in [7, 11) is 0. The molecule has 0 saturated carbocycles. The van der Waals surface area contributed by atoms with E-state index in [0.29, 0.717) is 11.3 Å². The van der Waals surface area contributed by atoms with Gasteiger partial charge in [-0.3, -0.25) is 4.98 Å². The van der Waals surface area contributed by atoms with E-state index in [2.05, 4.69) is 4.98 Å². The summed E-state index contributed by atoms with van der Waals surface area (Å²) >= 11 is 0. The van der Waals surface area contributed by atoms with Crippen LogP contribution in [0.4, 0.5) is 8.78 Å². The predicted molar refractivity (Wildman–Crippen MR) is 64.0 cm³/mol. The van der Waals surface area contributed by atoms with Crippen LogP contribution in [0.1, 0.15) is 22.9 Å². The van der Waals surface area contributed by atoms with Gasteiger partial charge in [-0.1, -0.05) is 6.07 Å². The summed E-state index contributed by atoms with van der Waals surface area (Å²) in [5.41, 5.74) is 1.99. The SMILES string of the molecule is Cc1ccc(F)cc1CC(O)c1ccc(F)cn1. The van der Waals surface area contributed by atoms with Crippen LogP contribution in [-0.4, -0.2) is 10.1 Å². The van der Waals surface area contributed by atoms with Gasteiger partial charge in [-0.25, -0.2) is 8.78 Å². The van der Waals surface area contributed by atoms with Crippen molar-refractivity contribution in [2.24, 2.45) is 0 Å². The average molecular weight is 249 g/mol. The molecule has 0 bridgehead atoms. The summed E-state index contributed by atoms with van der Waals surface area (Å²) in [5, 5.41) is 9.97.